The summed E-state index contributed by atoms with van der Waals surface area (Å²) in [4.78, 5) is 16.4. The second kappa shape index (κ2) is 16.9. The van der Waals surface area contributed by atoms with Crippen molar-refractivity contribution in [2.45, 2.75) is 33.3 Å². The van der Waals surface area contributed by atoms with E-state index in [1.165, 1.54) is 28.6 Å². The van der Waals surface area contributed by atoms with Crippen molar-refractivity contribution in [1.29, 1.82) is 5.41 Å². The van der Waals surface area contributed by atoms with Crippen LogP contribution in [-0.2, 0) is 0 Å². The van der Waals surface area contributed by atoms with Crippen molar-refractivity contribution < 1.29 is 4.79 Å². The first-order valence-corrected chi connectivity index (χ1v) is 17.2. The maximum Gasteiger partial charge on any atom is 0.319 e. The highest BCUT2D eigenvalue weighted by Gasteiger charge is 2.16. The van der Waals surface area contributed by atoms with E-state index < -0.39 is 0 Å². The summed E-state index contributed by atoms with van der Waals surface area (Å²) in [5.41, 5.74) is 10.9. The molecule has 226 valence electrons. The van der Waals surface area contributed by atoms with Gasteiger partial charge in [0.05, 0.1) is 9.90 Å². The van der Waals surface area contributed by atoms with Gasteiger partial charge < -0.3 is 21.8 Å². The molecule has 5 rings (SSSR count). The number of benzene rings is 4. The molecule has 5 aromatic rings. The van der Waals surface area contributed by atoms with Crippen LogP contribution in [0.3, 0.4) is 0 Å². The minimum atomic E-state index is -0.214. The van der Waals surface area contributed by atoms with Crippen LogP contribution < -0.4 is 16.4 Å². The van der Waals surface area contributed by atoms with Gasteiger partial charge in [-0.1, -0.05) is 96.7 Å². The number of nitrogens with two attached hydrogens (primary N) is 1. The summed E-state index contributed by atoms with van der Waals surface area (Å²) in [6, 6.07) is 37.2. The third-order valence-corrected chi connectivity index (χ3v) is 10.5. The molecule has 4 aromatic carbocycles. The maximum absolute atomic E-state index is 13.1. The fraction of sp³-hybridized carbons (Fsp3) is 0.167. The van der Waals surface area contributed by atoms with Crippen LogP contribution in [0.4, 0.5) is 10.5 Å². The Morgan fingerprint density at radius 2 is 1.57 bits per heavy atom. The average molecular weight is 639 g/mol. The van der Waals surface area contributed by atoms with Crippen molar-refractivity contribution in [2.24, 2.45) is 5.73 Å². The number of aryl methyl sites for hydroxylation is 1. The molecule has 0 saturated carbocycles. The molecule has 0 aliphatic rings. The zero-order valence-corrected chi connectivity index (χ0v) is 27.6. The Morgan fingerprint density at radius 1 is 0.909 bits per heavy atom. The van der Waals surface area contributed by atoms with E-state index in [1.54, 1.807) is 34.9 Å². The van der Waals surface area contributed by atoms with Crippen LogP contribution in [0.1, 0.15) is 33.9 Å². The smallest absolute Gasteiger partial charge is 0.319 e. The number of thioether (sulfide) groups is 1. The molecule has 0 aliphatic heterocycles. The van der Waals surface area contributed by atoms with Crippen molar-refractivity contribution >= 4 is 52.8 Å². The number of nitrogens with one attached hydrogen (secondary N) is 3. The quantitative estimate of drug-likeness (QED) is 0.0857. The molecule has 0 saturated heterocycles. The minimum Gasteiger partial charge on any atom is -0.338 e. The van der Waals surface area contributed by atoms with Crippen molar-refractivity contribution in [1.82, 2.24) is 5.32 Å². The topological polar surface area (TPSA) is 91.0 Å². The highest BCUT2D eigenvalue weighted by molar-refractivity contribution is 8.03. The van der Waals surface area contributed by atoms with Gasteiger partial charge in [0.25, 0.3) is 0 Å². The second-order valence-corrected chi connectivity index (χ2v) is 13.1. The van der Waals surface area contributed by atoms with Crippen LogP contribution >= 0.6 is 34.9 Å². The van der Waals surface area contributed by atoms with E-state index >= 15 is 0 Å². The van der Waals surface area contributed by atoms with Crippen molar-refractivity contribution in [3.05, 3.63) is 131 Å². The lowest BCUT2D eigenvalue weighted by Crippen LogP contribution is -2.30. The molecule has 0 spiro atoms. The van der Waals surface area contributed by atoms with Gasteiger partial charge in [-0.3, -0.25) is 0 Å². The first-order chi connectivity index (χ1) is 21.6. The number of rotatable bonds is 11. The van der Waals surface area contributed by atoms with Gasteiger partial charge in [-0.05, 0) is 73.2 Å². The normalized spacial score (nSPS) is 10.6. The van der Waals surface area contributed by atoms with Crippen molar-refractivity contribution in [2.75, 3.05) is 25.2 Å². The van der Waals surface area contributed by atoms with E-state index in [0.717, 1.165) is 43.5 Å². The summed E-state index contributed by atoms with van der Waals surface area (Å²) in [5.74, 6) is 0.201. The van der Waals surface area contributed by atoms with E-state index in [-0.39, 0.29) is 11.9 Å². The lowest BCUT2D eigenvalue weighted by atomic mass is 9.88. The van der Waals surface area contributed by atoms with Gasteiger partial charge >= 0.3 is 6.03 Å². The predicted molar refractivity (Wildman–Crippen MR) is 191 cm³/mol. The Labute approximate surface area is 273 Å². The molecular formula is C36H38N4OS3. The summed E-state index contributed by atoms with van der Waals surface area (Å²) in [7, 11) is 1.50. The fourth-order valence-corrected chi connectivity index (χ4v) is 8.10. The van der Waals surface area contributed by atoms with Crippen LogP contribution in [0.25, 0.3) is 11.1 Å². The zero-order valence-electron chi connectivity index (χ0n) is 25.2. The molecule has 44 heavy (non-hydrogen) atoms. The maximum atomic E-state index is 13.1. The molecule has 0 unspecified atom stereocenters. The average Bonchev–Trinajstić information content (AvgIpc) is 3.47. The summed E-state index contributed by atoms with van der Waals surface area (Å²) in [6.45, 7) is 2.62. The van der Waals surface area contributed by atoms with Crippen LogP contribution in [0.5, 0.6) is 0 Å². The molecule has 0 fully saturated rings. The molecule has 0 bridgehead atoms. The van der Waals surface area contributed by atoms with Gasteiger partial charge in [-0.15, -0.1) is 23.1 Å². The van der Waals surface area contributed by atoms with Crippen LogP contribution in [0.15, 0.2) is 123 Å². The van der Waals surface area contributed by atoms with Crippen molar-refractivity contribution in [3.8, 4) is 11.1 Å². The number of carbonyl (C=O) groups excluding carboxylic acids is 1. The molecule has 1 heterocycles. The minimum absolute atomic E-state index is 0.201. The molecule has 0 aliphatic carbocycles. The zero-order chi connectivity index (χ0) is 31.3. The van der Waals surface area contributed by atoms with E-state index in [2.05, 4.69) is 114 Å². The number of amides is 2. The van der Waals surface area contributed by atoms with Crippen LogP contribution in [-0.4, -0.2) is 32.1 Å². The van der Waals surface area contributed by atoms with Gasteiger partial charge in [0.2, 0.25) is 0 Å². The number of thiophene rings is 1. The second-order valence-electron chi connectivity index (χ2n) is 9.82. The van der Waals surface area contributed by atoms with Gasteiger partial charge in [0, 0.05) is 38.9 Å². The standard InChI is InChI=1S/C35H33N3OS3.CH5N/c1-24-11-9-18-31(33(24)27-16-10-17-28(21-27)41-32-22-29(23-36)42-34(32)40-2)38-35(39)37-20-19-30(25-12-5-3-6-13-25)26-14-7-4-8-15-26;1-2/h3-18,21-23,30,36H,19-20H2,1-2H3,(H2,37,38,39);2H2,1H3. The Morgan fingerprint density at radius 3 is 2.20 bits per heavy atom. The Balaban J connectivity index is 0.00000216. The largest absolute Gasteiger partial charge is 0.338 e. The predicted octanol–water partition coefficient (Wildman–Crippen LogP) is 9.51. The molecule has 8 heteroatoms. The summed E-state index contributed by atoms with van der Waals surface area (Å²) < 4.78 is 1.21. The molecule has 0 radical (unpaired) electrons. The lowest BCUT2D eigenvalue weighted by molar-refractivity contribution is 0.252. The summed E-state index contributed by atoms with van der Waals surface area (Å²) >= 11 is 5.06. The fourth-order valence-electron chi connectivity index (χ4n) is 5.05. The van der Waals surface area contributed by atoms with Crippen molar-refractivity contribution in [3.63, 3.8) is 0 Å². The van der Waals surface area contributed by atoms with Gasteiger partial charge in [0.1, 0.15) is 0 Å². The number of carbonyl (C=O) groups is 1. The molecule has 5 nitrogen and oxygen atoms in total. The number of anilines is 1. The number of hydrogen-bond donors (Lipinski definition) is 4. The molecule has 0 atom stereocenters. The molecular weight excluding hydrogens is 601 g/mol. The van der Waals surface area contributed by atoms with E-state index in [9.17, 15) is 4.79 Å². The van der Waals surface area contributed by atoms with Gasteiger partial charge in [0.15, 0.2) is 0 Å². The van der Waals surface area contributed by atoms with E-state index in [1.807, 2.05) is 24.3 Å². The first-order valence-electron chi connectivity index (χ1n) is 14.3. The molecule has 2 amide bonds. The third kappa shape index (κ3) is 8.64. The summed E-state index contributed by atoms with van der Waals surface area (Å²) in [6.07, 6.45) is 4.27. The summed E-state index contributed by atoms with van der Waals surface area (Å²) in [5, 5.41) is 13.8. The van der Waals surface area contributed by atoms with Crippen LogP contribution in [0, 0.1) is 12.3 Å². The monoisotopic (exact) mass is 638 g/mol. The molecule has 1 aromatic heterocycles. The SMILES string of the molecule is CN.CSc1sc(C=N)cc1Sc1cccc(-c2c(C)cccc2NC(=O)NCCC(c2ccccc2)c2ccccc2)c1. The number of hydrogen-bond acceptors (Lipinski definition) is 6. The first kappa shape index (κ1) is 33.1. The van der Waals surface area contributed by atoms with Gasteiger partial charge in [-0.25, -0.2) is 4.79 Å². The lowest BCUT2D eigenvalue weighted by Gasteiger charge is -2.19. The highest BCUT2D eigenvalue weighted by atomic mass is 32.2. The van der Waals surface area contributed by atoms with E-state index in [4.69, 9.17) is 5.41 Å². The number of urea groups is 1. The Bertz CT molecular complexity index is 1620. The Kier molecular flexibility index (Phi) is 12.7. The molecule has 5 N–H and O–H groups in total. The van der Waals surface area contributed by atoms with E-state index in [0.29, 0.717) is 6.54 Å². The Hall–Kier alpha value is -3.82. The highest BCUT2D eigenvalue weighted by Crippen LogP contribution is 2.42. The third-order valence-electron chi connectivity index (χ3n) is 7.01. The van der Waals surface area contributed by atoms with Crippen LogP contribution in [0.2, 0.25) is 0 Å². The van der Waals surface area contributed by atoms with Gasteiger partial charge in [-0.2, -0.15) is 0 Å².